The zero-order valence-corrected chi connectivity index (χ0v) is 24.4. The van der Waals surface area contributed by atoms with E-state index in [0.717, 1.165) is 34.1 Å². The van der Waals surface area contributed by atoms with E-state index in [1.165, 1.54) is 12.1 Å². The number of nitrogens with zero attached hydrogens (tertiary/aromatic N) is 2. The van der Waals surface area contributed by atoms with E-state index in [0.29, 0.717) is 5.57 Å². The molecule has 14 heteroatoms. The van der Waals surface area contributed by atoms with Gasteiger partial charge in [0.1, 0.15) is 11.3 Å². The molecule has 2 aromatic carbocycles. The van der Waals surface area contributed by atoms with Crippen LogP contribution >= 0.6 is 39.1 Å². The number of carbonyl (C=O) groups excluding carboxylic acids is 4. The summed E-state index contributed by atoms with van der Waals surface area (Å²) < 4.78 is 14.6. The van der Waals surface area contributed by atoms with Gasteiger partial charge in [0.05, 0.1) is 23.0 Å². The van der Waals surface area contributed by atoms with Gasteiger partial charge < -0.3 is 15.3 Å². The number of anilines is 1. The van der Waals surface area contributed by atoms with Crippen molar-refractivity contribution in [3.8, 4) is 11.5 Å². The number of carboxylic acids is 1. The van der Waals surface area contributed by atoms with Crippen LogP contribution < -0.4 is 4.90 Å². The molecule has 4 amide bonds. The van der Waals surface area contributed by atoms with Crippen molar-refractivity contribution < 1.29 is 43.7 Å². The number of amides is 4. The smallest absolute Gasteiger partial charge is 0.339 e. The number of halogens is 4. The summed E-state index contributed by atoms with van der Waals surface area (Å²) in [5.41, 5.74) is -0.112. The molecule has 3 fully saturated rings. The number of hydrogen-bond donors (Lipinski definition) is 3. The number of allylic oxidation sites excluding steroid dienone is 2. The second kappa shape index (κ2) is 9.51. The summed E-state index contributed by atoms with van der Waals surface area (Å²) in [6.45, 7) is 0. The molecule has 6 atom stereocenters. The average Bonchev–Trinajstić information content (AvgIpc) is 3.27. The fourth-order valence-electron chi connectivity index (χ4n) is 6.92. The van der Waals surface area contributed by atoms with Crippen molar-refractivity contribution in [2.24, 2.45) is 17.8 Å². The molecule has 2 aliphatic heterocycles. The highest BCUT2D eigenvalue weighted by Gasteiger charge is 2.76. The Labute approximate surface area is 255 Å². The van der Waals surface area contributed by atoms with Gasteiger partial charge in [0.25, 0.3) is 11.8 Å². The van der Waals surface area contributed by atoms with Crippen LogP contribution in [-0.2, 0) is 19.2 Å². The number of aromatic carboxylic acids is 1. The molecule has 4 aliphatic rings. The summed E-state index contributed by atoms with van der Waals surface area (Å²) in [7, 11) is 0. The Morgan fingerprint density at radius 2 is 1.71 bits per heavy atom. The molecule has 0 bridgehead atoms. The van der Waals surface area contributed by atoms with Crippen LogP contribution in [0.15, 0.2) is 48.0 Å². The van der Waals surface area contributed by atoms with Crippen molar-refractivity contribution in [2.75, 3.05) is 10.4 Å². The minimum absolute atomic E-state index is 0.0405. The molecule has 218 valence electrons. The number of aromatic hydroxyl groups is 2. The lowest BCUT2D eigenvalue weighted by molar-refractivity contribution is -0.138. The quantitative estimate of drug-likeness (QED) is 0.191. The summed E-state index contributed by atoms with van der Waals surface area (Å²) in [5, 5.41) is 29.3. The number of phenols is 2. The zero-order chi connectivity index (χ0) is 30.5. The van der Waals surface area contributed by atoms with Crippen molar-refractivity contribution in [3.05, 3.63) is 65.0 Å². The first-order valence-corrected chi connectivity index (χ1v) is 14.6. The first kappa shape index (κ1) is 28.6. The van der Waals surface area contributed by atoms with Crippen LogP contribution in [0.1, 0.15) is 34.7 Å². The van der Waals surface area contributed by atoms with E-state index in [1.54, 1.807) is 6.08 Å². The SMILES string of the molecule is O=C(O)c1ccc(N2C(=O)[C@H]3[C@H](CC=C4[C@H]3C[C@@]3(Cl)C(=O)N(CBr)C(=O)[C@@]3(Cl)[C@H]4c3ccc(O)c(F)c3)C2=O)cc1O. The van der Waals surface area contributed by atoms with Gasteiger partial charge in [-0.3, -0.25) is 24.1 Å². The minimum Gasteiger partial charge on any atom is -0.507 e. The van der Waals surface area contributed by atoms with Gasteiger partial charge in [-0.05, 0) is 48.6 Å². The summed E-state index contributed by atoms with van der Waals surface area (Å²) in [6.07, 6.45) is 1.42. The van der Waals surface area contributed by atoms with Crippen LogP contribution in [0.3, 0.4) is 0 Å². The van der Waals surface area contributed by atoms with Gasteiger partial charge in [-0.2, -0.15) is 0 Å². The molecule has 2 aromatic rings. The first-order valence-electron chi connectivity index (χ1n) is 12.7. The largest absolute Gasteiger partial charge is 0.507 e. The van der Waals surface area contributed by atoms with Gasteiger partial charge in [0.15, 0.2) is 21.3 Å². The molecular weight excluding hydrogens is 662 g/mol. The molecule has 2 aliphatic carbocycles. The van der Waals surface area contributed by atoms with Crippen LogP contribution in [0.25, 0.3) is 0 Å². The molecule has 1 saturated carbocycles. The Hall–Kier alpha value is -3.48. The third kappa shape index (κ3) is 3.58. The number of rotatable bonds is 4. The number of alkyl halides is 3. The van der Waals surface area contributed by atoms with Crippen molar-refractivity contribution in [1.29, 1.82) is 0 Å². The Morgan fingerprint density at radius 3 is 2.33 bits per heavy atom. The Morgan fingerprint density at radius 1 is 1.00 bits per heavy atom. The predicted octanol–water partition coefficient (Wildman–Crippen LogP) is 3.85. The van der Waals surface area contributed by atoms with Crippen LogP contribution in [0, 0.1) is 23.6 Å². The molecule has 0 aromatic heterocycles. The summed E-state index contributed by atoms with van der Waals surface area (Å²) in [5.74, 6) is -10.6. The predicted molar refractivity (Wildman–Crippen MR) is 149 cm³/mol. The number of fused-ring (bicyclic) bond motifs is 4. The van der Waals surface area contributed by atoms with E-state index in [9.17, 15) is 43.7 Å². The highest BCUT2D eigenvalue weighted by atomic mass is 79.9. The summed E-state index contributed by atoms with van der Waals surface area (Å²) in [4.78, 5) is 63.7. The van der Waals surface area contributed by atoms with Crippen LogP contribution in [0.2, 0.25) is 0 Å². The second-order valence-electron chi connectivity index (χ2n) is 10.7. The van der Waals surface area contributed by atoms with Gasteiger partial charge in [-0.15, -0.1) is 23.2 Å². The maximum absolute atomic E-state index is 14.6. The topological polar surface area (TPSA) is 153 Å². The Bertz CT molecular complexity index is 1670. The molecule has 2 saturated heterocycles. The standard InChI is InChI=1S/C28H20BrCl2FN2O8/c29-10-33-25(41)27(30)9-16-13(21(28(27,31)26(33)42)11-1-6-18(35)17(32)7-11)4-5-15-20(16)23(38)34(22(15)37)12-2-3-14(24(39)40)19(36)8-12/h1-4,6-8,15-16,20-21,35-36H,5,9-10H2,(H,39,40)/t15-,16+,20-,21-,27+,28-/m0/s1. The highest BCUT2D eigenvalue weighted by molar-refractivity contribution is 9.09. The van der Waals surface area contributed by atoms with Gasteiger partial charge >= 0.3 is 5.97 Å². The summed E-state index contributed by atoms with van der Waals surface area (Å²) in [6, 6.07) is 6.74. The fourth-order valence-corrected chi connectivity index (χ4v) is 8.35. The lowest BCUT2D eigenvalue weighted by Crippen LogP contribution is -2.60. The molecule has 0 radical (unpaired) electrons. The number of imide groups is 2. The normalized spacial score (nSPS) is 32.0. The molecule has 0 unspecified atom stereocenters. The van der Waals surface area contributed by atoms with E-state index in [2.05, 4.69) is 15.9 Å². The molecule has 2 heterocycles. The average molecular weight is 682 g/mol. The van der Waals surface area contributed by atoms with Crippen LogP contribution in [0.5, 0.6) is 11.5 Å². The second-order valence-corrected chi connectivity index (χ2v) is 12.5. The number of carboxylic acid groups (broad SMARTS) is 1. The van der Waals surface area contributed by atoms with Crippen LogP contribution in [0.4, 0.5) is 10.1 Å². The number of phenolic OH excluding ortho intramolecular Hbond substituents is 1. The molecule has 42 heavy (non-hydrogen) atoms. The third-order valence-electron chi connectivity index (χ3n) is 8.79. The zero-order valence-electron chi connectivity index (χ0n) is 21.3. The third-order valence-corrected chi connectivity index (χ3v) is 10.7. The molecule has 0 spiro atoms. The van der Waals surface area contributed by atoms with Gasteiger partial charge in [0, 0.05) is 12.0 Å². The maximum atomic E-state index is 14.6. The van der Waals surface area contributed by atoms with Crippen molar-refractivity contribution in [2.45, 2.75) is 28.5 Å². The lowest BCUT2D eigenvalue weighted by atomic mass is 9.56. The van der Waals surface area contributed by atoms with Gasteiger partial charge in [-0.25, -0.2) is 14.1 Å². The Kier molecular flexibility index (Phi) is 6.49. The summed E-state index contributed by atoms with van der Waals surface area (Å²) >= 11 is 17.3. The van der Waals surface area contributed by atoms with Crippen molar-refractivity contribution >= 4 is 74.4 Å². The van der Waals surface area contributed by atoms with Crippen molar-refractivity contribution in [3.63, 3.8) is 0 Å². The van der Waals surface area contributed by atoms with E-state index >= 15 is 0 Å². The number of carbonyl (C=O) groups is 5. The van der Waals surface area contributed by atoms with Gasteiger partial charge in [-0.1, -0.05) is 33.6 Å². The molecule has 3 N–H and O–H groups in total. The Balaban J connectivity index is 1.49. The van der Waals surface area contributed by atoms with E-state index in [1.807, 2.05) is 0 Å². The van der Waals surface area contributed by atoms with E-state index < -0.39 is 85.9 Å². The first-order chi connectivity index (χ1) is 19.8. The lowest BCUT2D eigenvalue weighted by Gasteiger charge is -2.50. The number of hydrogen-bond acceptors (Lipinski definition) is 7. The number of benzene rings is 2. The monoisotopic (exact) mass is 680 g/mol. The molecular formula is C28H20BrCl2FN2O8. The van der Waals surface area contributed by atoms with Crippen LogP contribution in [-0.4, -0.2) is 65.0 Å². The minimum atomic E-state index is -2.12. The maximum Gasteiger partial charge on any atom is 0.339 e. The fraction of sp³-hybridized carbons (Fsp3) is 0.321. The molecule has 6 rings (SSSR count). The number of likely N-dealkylation sites (tertiary alicyclic amines) is 1. The highest BCUT2D eigenvalue weighted by Crippen LogP contribution is 2.65. The van der Waals surface area contributed by atoms with E-state index in [4.69, 9.17) is 23.2 Å². The van der Waals surface area contributed by atoms with Crippen molar-refractivity contribution in [1.82, 2.24) is 4.90 Å². The van der Waals surface area contributed by atoms with Gasteiger partial charge in [0.2, 0.25) is 11.8 Å². The molecule has 10 nitrogen and oxygen atoms in total. The van der Waals surface area contributed by atoms with E-state index in [-0.39, 0.29) is 29.5 Å².